The first-order valence-corrected chi connectivity index (χ1v) is 7.75. The van der Waals surface area contributed by atoms with E-state index in [0.29, 0.717) is 6.79 Å². The fourth-order valence-electron chi connectivity index (χ4n) is 1.83. The van der Waals surface area contributed by atoms with Gasteiger partial charge in [0, 0.05) is 20.6 Å². The van der Waals surface area contributed by atoms with Crippen molar-refractivity contribution in [2.24, 2.45) is 0 Å². The molecule has 0 spiro atoms. The molecule has 0 aliphatic rings. The monoisotopic (exact) mass is 288 g/mol. The van der Waals surface area contributed by atoms with Crippen molar-refractivity contribution in [2.45, 2.75) is 64.6 Å². The third-order valence-electron chi connectivity index (χ3n) is 3.08. The van der Waals surface area contributed by atoms with Crippen molar-refractivity contribution >= 4 is 0 Å². The van der Waals surface area contributed by atoms with Gasteiger partial charge < -0.3 is 18.9 Å². The summed E-state index contributed by atoms with van der Waals surface area (Å²) >= 11 is 0. The first-order chi connectivity index (χ1) is 9.85. The maximum absolute atomic E-state index is 5.39. The Morgan fingerprint density at radius 1 is 0.950 bits per heavy atom. The van der Waals surface area contributed by atoms with Crippen LogP contribution in [0.5, 0.6) is 0 Å². The Hall–Kier alpha value is -0.580. The predicted octanol–water partition coefficient (Wildman–Crippen LogP) is 4.25. The lowest BCUT2D eigenvalue weighted by molar-refractivity contribution is -0.105. The second-order valence-electron chi connectivity index (χ2n) is 4.81. The van der Waals surface area contributed by atoms with Crippen molar-refractivity contribution in [3.63, 3.8) is 0 Å². The fraction of sp³-hybridized carbons (Fsp3) is 0.875. The molecule has 0 rings (SSSR count). The zero-order valence-corrected chi connectivity index (χ0v) is 13.4. The Morgan fingerprint density at radius 2 is 1.65 bits per heavy atom. The number of unbranched alkanes of at least 4 members (excludes halogenated alkanes) is 5. The third kappa shape index (κ3) is 13.8. The van der Waals surface area contributed by atoms with Crippen LogP contribution in [-0.2, 0) is 18.9 Å². The highest BCUT2D eigenvalue weighted by atomic mass is 16.7. The van der Waals surface area contributed by atoms with Crippen molar-refractivity contribution in [1.82, 2.24) is 0 Å². The highest BCUT2D eigenvalue weighted by molar-refractivity contribution is 4.73. The highest BCUT2D eigenvalue weighted by Gasteiger charge is 2.01. The molecule has 0 aromatic rings. The largest absolute Gasteiger partial charge is 0.475 e. The first-order valence-electron chi connectivity index (χ1n) is 7.75. The number of ether oxygens (including phenoxy) is 4. The van der Waals surface area contributed by atoms with Gasteiger partial charge in [0.15, 0.2) is 13.1 Å². The first kappa shape index (κ1) is 19.4. The molecular formula is C16H32O4. The van der Waals surface area contributed by atoms with Gasteiger partial charge in [-0.15, -0.1) is 0 Å². The molecule has 0 atom stereocenters. The Morgan fingerprint density at radius 3 is 2.35 bits per heavy atom. The maximum Gasteiger partial charge on any atom is 0.188 e. The molecule has 120 valence electrons. The zero-order valence-electron chi connectivity index (χ0n) is 13.4. The lowest BCUT2D eigenvalue weighted by atomic mass is 10.1. The quantitative estimate of drug-likeness (QED) is 0.256. The second kappa shape index (κ2) is 16.5. The van der Waals surface area contributed by atoms with Crippen molar-refractivity contribution in [3.05, 3.63) is 12.3 Å². The molecule has 0 heterocycles. The summed E-state index contributed by atoms with van der Waals surface area (Å²) in [4.78, 5) is 0. The van der Waals surface area contributed by atoms with Gasteiger partial charge in [0.05, 0.1) is 12.9 Å². The summed E-state index contributed by atoms with van der Waals surface area (Å²) in [6.45, 7) is 3.36. The van der Waals surface area contributed by atoms with Crippen LogP contribution in [0.4, 0.5) is 0 Å². The van der Waals surface area contributed by atoms with E-state index in [-0.39, 0.29) is 6.29 Å². The molecule has 20 heavy (non-hydrogen) atoms. The zero-order chi connectivity index (χ0) is 14.9. The van der Waals surface area contributed by atoms with E-state index in [0.717, 1.165) is 25.9 Å². The van der Waals surface area contributed by atoms with E-state index in [4.69, 9.17) is 18.9 Å². The van der Waals surface area contributed by atoms with Crippen LogP contribution in [0.2, 0.25) is 0 Å². The summed E-state index contributed by atoms with van der Waals surface area (Å²) in [5.41, 5.74) is 0. The van der Waals surface area contributed by atoms with E-state index in [2.05, 4.69) is 6.92 Å². The van der Waals surface area contributed by atoms with Crippen LogP contribution in [0.3, 0.4) is 0 Å². The Bertz CT molecular complexity index is 203. The Labute approximate surface area is 124 Å². The van der Waals surface area contributed by atoms with Gasteiger partial charge in [-0.25, -0.2) is 0 Å². The van der Waals surface area contributed by atoms with E-state index >= 15 is 0 Å². The normalized spacial score (nSPS) is 11.6. The van der Waals surface area contributed by atoms with E-state index < -0.39 is 0 Å². The Balaban J connectivity index is 3.15. The van der Waals surface area contributed by atoms with Gasteiger partial charge in [-0.2, -0.15) is 0 Å². The molecule has 0 saturated carbocycles. The summed E-state index contributed by atoms with van der Waals surface area (Å²) in [5.74, 6) is 0. The highest BCUT2D eigenvalue weighted by Crippen LogP contribution is 2.05. The molecule has 0 radical (unpaired) electrons. The summed E-state index contributed by atoms with van der Waals surface area (Å²) in [6.07, 6.45) is 12.9. The molecular weight excluding hydrogens is 256 g/mol. The molecule has 0 unspecified atom stereocenters. The van der Waals surface area contributed by atoms with Crippen molar-refractivity contribution in [1.29, 1.82) is 0 Å². The molecule has 0 aromatic heterocycles. The van der Waals surface area contributed by atoms with Gasteiger partial charge in [-0.1, -0.05) is 39.0 Å². The van der Waals surface area contributed by atoms with Crippen molar-refractivity contribution < 1.29 is 18.9 Å². The average Bonchev–Trinajstić information content (AvgIpc) is 2.48. The van der Waals surface area contributed by atoms with Crippen LogP contribution in [0.25, 0.3) is 0 Å². The second-order valence-corrected chi connectivity index (χ2v) is 4.81. The molecule has 0 fully saturated rings. The molecule has 0 saturated heterocycles. The number of hydrogen-bond acceptors (Lipinski definition) is 4. The number of hydrogen-bond donors (Lipinski definition) is 0. The van der Waals surface area contributed by atoms with Crippen LogP contribution in [0.15, 0.2) is 12.3 Å². The van der Waals surface area contributed by atoms with Gasteiger partial charge in [0.2, 0.25) is 0 Å². The van der Waals surface area contributed by atoms with E-state index in [1.807, 2.05) is 6.08 Å². The summed E-state index contributed by atoms with van der Waals surface area (Å²) in [7, 11) is 3.29. The number of allylic oxidation sites excluding steroid dienone is 1. The van der Waals surface area contributed by atoms with Gasteiger partial charge in [-0.3, -0.25) is 0 Å². The minimum absolute atomic E-state index is 0.136. The average molecular weight is 288 g/mol. The molecule has 0 aliphatic heterocycles. The molecule has 0 N–H and O–H groups in total. The standard InChI is InChI=1S/C16H32O4/c1-4-5-6-7-8-10-13-19-15-20-14-11-9-12-16(17-2)18-3/h11,14,16H,4-10,12-13,15H2,1-3H3. The van der Waals surface area contributed by atoms with Crippen LogP contribution in [0, 0.1) is 0 Å². The van der Waals surface area contributed by atoms with Crippen molar-refractivity contribution in [3.8, 4) is 0 Å². The molecule has 4 nitrogen and oxygen atoms in total. The SMILES string of the molecule is CCCCCCCCOCOC=CCCC(OC)OC. The van der Waals surface area contributed by atoms with Crippen LogP contribution in [-0.4, -0.2) is 33.9 Å². The molecule has 0 aliphatic carbocycles. The molecule has 0 bridgehead atoms. The topological polar surface area (TPSA) is 36.9 Å². The van der Waals surface area contributed by atoms with Gasteiger partial charge in [-0.05, 0) is 18.9 Å². The van der Waals surface area contributed by atoms with Crippen LogP contribution >= 0.6 is 0 Å². The summed E-state index contributed by atoms with van der Waals surface area (Å²) in [6, 6.07) is 0. The van der Waals surface area contributed by atoms with Crippen molar-refractivity contribution in [2.75, 3.05) is 27.6 Å². The number of methoxy groups -OCH3 is 2. The van der Waals surface area contributed by atoms with E-state index in [1.54, 1.807) is 20.5 Å². The molecule has 0 aromatic carbocycles. The predicted molar refractivity (Wildman–Crippen MR) is 81.5 cm³/mol. The number of rotatable bonds is 15. The molecule has 4 heteroatoms. The summed E-state index contributed by atoms with van der Waals surface area (Å²) in [5, 5.41) is 0. The summed E-state index contributed by atoms with van der Waals surface area (Å²) < 4.78 is 20.8. The minimum atomic E-state index is -0.136. The Kier molecular flexibility index (Phi) is 16.0. The lowest BCUT2D eigenvalue weighted by Gasteiger charge is -2.11. The minimum Gasteiger partial charge on any atom is -0.475 e. The van der Waals surface area contributed by atoms with Gasteiger partial charge in [0.25, 0.3) is 0 Å². The van der Waals surface area contributed by atoms with Crippen LogP contribution in [0.1, 0.15) is 58.3 Å². The molecule has 0 amide bonds. The van der Waals surface area contributed by atoms with E-state index in [9.17, 15) is 0 Å². The lowest BCUT2D eigenvalue weighted by Crippen LogP contribution is -2.11. The third-order valence-corrected chi connectivity index (χ3v) is 3.08. The van der Waals surface area contributed by atoms with Gasteiger partial charge in [0.1, 0.15) is 0 Å². The fourth-order valence-corrected chi connectivity index (χ4v) is 1.83. The van der Waals surface area contributed by atoms with E-state index in [1.165, 1.54) is 32.1 Å². The van der Waals surface area contributed by atoms with Gasteiger partial charge >= 0.3 is 0 Å². The van der Waals surface area contributed by atoms with Crippen LogP contribution < -0.4 is 0 Å². The maximum atomic E-state index is 5.39. The smallest absolute Gasteiger partial charge is 0.188 e.